The average Bonchev–Trinajstić information content (AvgIpc) is 3.02. The quantitative estimate of drug-likeness (QED) is 0.126. The summed E-state index contributed by atoms with van der Waals surface area (Å²) in [5.74, 6) is -1.60. The number of rotatable bonds is 9. The van der Waals surface area contributed by atoms with E-state index in [1.54, 1.807) is 6.07 Å². The lowest BCUT2D eigenvalue weighted by molar-refractivity contribution is 0.397. The SMILES string of the molecule is O=c1cc(CN(CCN(Cc2cc(=O)oc3c(O)c(O)ccc23)c2ccccc2)c2ccccc2)c2cc(O)c(O)cc2o1. The van der Waals surface area contributed by atoms with Crippen LogP contribution in [0.5, 0.6) is 23.0 Å². The van der Waals surface area contributed by atoms with E-state index in [0.29, 0.717) is 35.0 Å². The van der Waals surface area contributed by atoms with Crippen LogP contribution < -0.4 is 21.1 Å². The Balaban J connectivity index is 1.37. The minimum absolute atomic E-state index is 0.0875. The molecule has 4 N–H and O–H groups in total. The molecule has 0 spiro atoms. The third-order valence-electron chi connectivity index (χ3n) is 7.48. The van der Waals surface area contributed by atoms with Crippen molar-refractivity contribution in [3.63, 3.8) is 0 Å². The van der Waals surface area contributed by atoms with Crippen LogP contribution in [0.25, 0.3) is 21.9 Å². The van der Waals surface area contributed by atoms with Crippen molar-refractivity contribution in [2.75, 3.05) is 22.9 Å². The van der Waals surface area contributed by atoms with Crippen LogP contribution in [0.4, 0.5) is 11.4 Å². The van der Waals surface area contributed by atoms with Gasteiger partial charge in [-0.15, -0.1) is 0 Å². The molecule has 2 aromatic heterocycles. The van der Waals surface area contributed by atoms with Crippen molar-refractivity contribution in [1.82, 2.24) is 0 Å². The molecule has 0 amide bonds. The van der Waals surface area contributed by atoms with E-state index >= 15 is 0 Å². The lowest BCUT2D eigenvalue weighted by atomic mass is 10.1. The molecule has 10 heteroatoms. The van der Waals surface area contributed by atoms with Crippen LogP contribution in [-0.2, 0) is 13.1 Å². The van der Waals surface area contributed by atoms with Crippen LogP contribution >= 0.6 is 0 Å². The molecule has 6 rings (SSSR count). The second-order valence-electron chi connectivity index (χ2n) is 10.3. The van der Waals surface area contributed by atoms with Crippen LogP contribution in [0.15, 0.2) is 115 Å². The van der Waals surface area contributed by atoms with Gasteiger partial charge in [-0.3, -0.25) is 0 Å². The molecular weight excluding hydrogens is 564 g/mol. The maximum Gasteiger partial charge on any atom is 0.336 e. The first-order valence-corrected chi connectivity index (χ1v) is 13.8. The van der Waals surface area contributed by atoms with Crippen molar-refractivity contribution in [2.24, 2.45) is 0 Å². The second kappa shape index (κ2) is 11.8. The molecular formula is C34H28N2O8. The molecule has 222 valence electrons. The number of para-hydroxylation sites is 2. The van der Waals surface area contributed by atoms with E-state index in [4.69, 9.17) is 8.83 Å². The first kappa shape index (κ1) is 28.2. The minimum Gasteiger partial charge on any atom is -0.504 e. The summed E-state index contributed by atoms with van der Waals surface area (Å²) >= 11 is 0. The largest absolute Gasteiger partial charge is 0.504 e. The van der Waals surface area contributed by atoms with Gasteiger partial charge in [0.2, 0.25) is 5.75 Å². The van der Waals surface area contributed by atoms with Gasteiger partial charge in [0, 0.05) is 66.5 Å². The third kappa shape index (κ3) is 5.73. The van der Waals surface area contributed by atoms with Gasteiger partial charge in [-0.1, -0.05) is 36.4 Å². The van der Waals surface area contributed by atoms with Gasteiger partial charge in [0.15, 0.2) is 22.8 Å². The molecule has 10 nitrogen and oxygen atoms in total. The van der Waals surface area contributed by atoms with Crippen LogP contribution in [0, 0.1) is 0 Å². The topological polar surface area (TPSA) is 148 Å². The van der Waals surface area contributed by atoms with Gasteiger partial charge in [-0.25, -0.2) is 9.59 Å². The summed E-state index contributed by atoms with van der Waals surface area (Å²) in [5, 5.41) is 41.5. The maximum absolute atomic E-state index is 12.5. The molecule has 6 aromatic rings. The third-order valence-corrected chi connectivity index (χ3v) is 7.48. The summed E-state index contributed by atoms with van der Waals surface area (Å²) in [5.41, 5.74) is 1.80. The van der Waals surface area contributed by atoms with E-state index in [1.807, 2.05) is 60.7 Å². The fraction of sp³-hybridized carbons (Fsp3) is 0.118. The first-order chi connectivity index (χ1) is 21.3. The second-order valence-corrected chi connectivity index (χ2v) is 10.3. The molecule has 0 atom stereocenters. The highest BCUT2D eigenvalue weighted by Gasteiger charge is 2.19. The zero-order valence-electron chi connectivity index (χ0n) is 23.4. The number of hydrogen-bond acceptors (Lipinski definition) is 10. The van der Waals surface area contributed by atoms with Gasteiger partial charge in [0.1, 0.15) is 5.58 Å². The summed E-state index contributed by atoms with van der Waals surface area (Å²) in [6.45, 7) is 1.50. The predicted octanol–water partition coefficient (Wildman–Crippen LogP) is 5.44. The molecule has 0 aliphatic rings. The summed E-state index contributed by atoms with van der Waals surface area (Å²) < 4.78 is 10.5. The average molecular weight is 593 g/mol. The van der Waals surface area contributed by atoms with Crippen molar-refractivity contribution in [3.8, 4) is 23.0 Å². The first-order valence-electron chi connectivity index (χ1n) is 13.8. The van der Waals surface area contributed by atoms with Gasteiger partial charge in [0.05, 0.1) is 0 Å². The fourth-order valence-electron chi connectivity index (χ4n) is 5.31. The number of hydrogen-bond donors (Lipinski definition) is 4. The molecule has 0 aliphatic carbocycles. The molecule has 0 radical (unpaired) electrons. The van der Waals surface area contributed by atoms with Gasteiger partial charge < -0.3 is 39.1 Å². The number of aromatic hydroxyl groups is 4. The number of nitrogens with zero attached hydrogens (tertiary/aromatic N) is 2. The highest BCUT2D eigenvalue weighted by atomic mass is 16.4. The number of anilines is 2. The molecule has 0 bridgehead atoms. The number of benzene rings is 4. The Morgan fingerprint density at radius 3 is 1.66 bits per heavy atom. The van der Waals surface area contributed by atoms with Gasteiger partial charge in [-0.2, -0.15) is 0 Å². The van der Waals surface area contributed by atoms with E-state index in [9.17, 15) is 30.0 Å². The molecule has 2 heterocycles. The normalized spacial score (nSPS) is 11.2. The Kier molecular flexibility index (Phi) is 7.55. The standard InChI is InChI=1S/C34H28N2O8/c37-27-12-11-25-21(15-32(41)44-34(25)33(27)42)19-35(23-7-3-1-4-8-23)13-14-36(24-9-5-2-6-10-24)20-22-16-31(40)43-30-18-29(39)28(38)17-26(22)30/h1-12,15-18,37-39,42H,13-14,19-20H2. The van der Waals surface area contributed by atoms with Crippen molar-refractivity contribution >= 4 is 33.3 Å². The summed E-state index contributed by atoms with van der Waals surface area (Å²) in [4.78, 5) is 29.1. The number of fused-ring (bicyclic) bond motifs is 2. The molecule has 4 aromatic carbocycles. The molecule has 0 fully saturated rings. The Labute approximate surface area is 250 Å². The smallest absolute Gasteiger partial charge is 0.336 e. The lowest BCUT2D eigenvalue weighted by Gasteiger charge is -2.31. The monoisotopic (exact) mass is 592 g/mol. The highest BCUT2D eigenvalue weighted by molar-refractivity contribution is 5.88. The van der Waals surface area contributed by atoms with Crippen LogP contribution in [0.2, 0.25) is 0 Å². The predicted molar refractivity (Wildman–Crippen MR) is 167 cm³/mol. The van der Waals surface area contributed by atoms with E-state index in [0.717, 1.165) is 11.4 Å². The van der Waals surface area contributed by atoms with Crippen LogP contribution in [0.1, 0.15) is 11.1 Å². The number of phenolic OH excluding ortho intramolecular Hbond substituents is 4. The van der Waals surface area contributed by atoms with Crippen molar-refractivity contribution < 1.29 is 29.3 Å². The molecule has 0 saturated carbocycles. The molecule has 0 aliphatic heterocycles. The fourth-order valence-corrected chi connectivity index (χ4v) is 5.31. The Bertz CT molecular complexity index is 2010. The van der Waals surface area contributed by atoms with E-state index in [2.05, 4.69) is 9.80 Å². The van der Waals surface area contributed by atoms with E-state index in [1.165, 1.54) is 30.3 Å². The Morgan fingerprint density at radius 1 is 0.545 bits per heavy atom. The highest BCUT2D eigenvalue weighted by Crippen LogP contribution is 2.35. The Morgan fingerprint density at radius 2 is 1.07 bits per heavy atom. The lowest BCUT2D eigenvalue weighted by Crippen LogP contribution is -2.35. The zero-order chi connectivity index (χ0) is 30.8. The van der Waals surface area contributed by atoms with Crippen molar-refractivity contribution in [1.29, 1.82) is 0 Å². The minimum atomic E-state index is -0.656. The summed E-state index contributed by atoms with van der Waals surface area (Å²) in [6.07, 6.45) is 0. The number of phenols is 4. The maximum atomic E-state index is 12.5. The Hall–Kier alpha value is -5.90. The zero-order valence-corrected chi connectivity index (χ0v) is 23.4. The van der Waals surface area contributed by atoms with Crippen molar-refractivity contribution in [3.05, 3.63) is 129 Å². The van der Waals surface area contributed by atoms with Crippen LogP contribution in [-0.4, -0.2) is 33.5 Å². The van der Waals surface area contributed by atoms with Gasteiger partial charge >= 0.3 is 11.3 Å². The molecule has 0 saturated heterocycles. The summed E-state index contributed by atoms with van der Waals surface area (Å²) in [6, 6.07) is 27.6. The van der Waals surface area contributed by atoms with Gasteiger partial charge in [0.25, 0.3) is 0 Å². The molecule has 0 unspecified atom stereocenters. The van der Waals surface area contributed by atoms with E-state index in [-0.39, 0.29) is 41.5 Å². The van der Waals surface area contributed by atoms with E-state index < -0.39 is 17.0 Å². The molecule has 44 heavy (non-hydrogen) atoms. The van der Waals surface area contributed by atoms with Crippen LogP contribution in [0.3, 0.4) is 0 Å². The van der Waals surface area contributed by atoms with Gasteiger partial charge in [-0.05, 0) is 53.6 Å². The summed E-state index contributed by atoms with van der Waals surface area (Å²) in [7, 11) is 0. The van der Waals surface area contributed by atoms with Crippen molar-refractivity contribution in [2.45, 2.75) is 13.1 Å².